The Labute approximate surface area is 43.0 Å². The summed E-state index contributed by atoms with van der Waals surface area (Å²) in [6, 6.07) is 0. The average molecular weight is 228 g/mol. The molecule has 4 heavy (non-hydrogen) atoms. The number of halogens is 3. The summed E-state index contributed by atoms with van der Waals surface area (Å²) in [6.45, 7) is 0. The third kappa shape index (κ3) is 9.35. The third-order valence-electron chi connectivity index (χ3n) is 0. The van der Waals surface area contributed by atoms with E-state index in [9.17, 15) is 0 Å². The van der Waals surface area contributed by atoms with Crippen LogP contribution < -0.4 is 0 Å². The normalized spacial score (nSPS) is 9.00. The first-order valence-corrected chi connectivity index (χ1v) is 10.2. The SMILES string of the molecule is [Cl][Sb]([Cl])[Cl]. The summed E-state index contributed by atoms with van der Waals surface area (Å²) >= 11 is -2.03. The van der Waals surface area contributed by atoms with Gasteiger partial charge in [0.05, 0.1) is 0 Å². The molecule has 0 spiro atoms. The van der Waals surface area contributed by atoms with E-state index in [0.29, 0.717) is 0 Å². The second-order valence-corrected chi connectivity index (χ2v) is 11.6. The Morgan fingerprint density at radius 1 is 1.00 bits per heavy atom. The Kier molecular flexibility index (Phi) is 4.13. The Morgan fingerprint density at radius 2 is 1.00 bits per heavy atom. The molecule has 0 rings (SSSR count). The summed E-state index contributed by atoms with van der Waals surface area (Å²) in [5.41, 5.74) is 0. The Balaban J connectivity index is 2.32. The second-order valence-electron chi connectivity index (χ2n) is 0.192. The first kappa shape index (κ1) is 5.69. The van der Waals surface area contributed by atoms with E-state index in [1.165, 1.54) is 0 Å². The van der Waals surface area contributed by atoms with Gasteiger partial charge in [-0.1, -0.05) is 0 Å². The van der Waals surface area contributed by atoms with E-state index >= 15 is 0 Å². The van der Waals surface area contributed by atoms with E-state index in [0.717, 1.165) is 0 Å². The van der Waals surface area contributed by atoms with Crippen LogP contribution in [0.25, 0.3) is 0 Å². The summed E-state index contributed by atoms with van der Waals surface area (Å²) in [4.78, 5) is 0. The fourth-order valence-electron chi connectivity index (χ4n) is 0. The van der Waals surface area contributed by atoms with Crippen LogP contribution in [0.5, 0.6) is 0 Å². The van der Waals surface area contributed by atoms with Crippen LogP contribution in [0.1, 0.15) is 0 Å². The molecule has 0 radical (unpaired) electrons. The summed E-state index contributed by atoms with van der Waals surface area (Å²) < 4.78 is 0. The zero-order valence-corrected chi connectivity index (χ0v) is 6.40. The van der Waals surface area contributed by atoms with Gasteiger partial charge in [0, 0.05) is 0 Å². The van der Waals surface area contributed by atoms with Crippen molar-refractivity contribution in [2.45, 2.75) is 0 Å². The van der Waals surface area contributed by atoms with Crippen LogP contribution in [0.4, 0.5) is 0 Å². The second kappa shape index (κ2) is 2.90. The maximum atomic E-state index is 4.99. The molecule has 0 aliphatic carbocycles. The van der Waals surface area contributed by atoms with Crippen molar-refractivity contribution in [1.82, 2.24) is 0 Å². The van der Waals surface area contributed by atoms with Crippen molar-refractivity contribution in [3.05, 3.63) is 0 Å². The minimum absolute atomic E-state index is 2.03. The van der Waals surface area contributed by atoms with Crippen LogP contribution in [0.3, 0.4) is 0 Å². The molecule has 0 bridgehead atoms. The molecule has 0 aromatic carbocycles. The van der Waals surface area contributed by atoms with Crippen molar-refractivity contribution < 1.29 is 0 Å². The third-order valence-corrected chi connectivity index (χ3v) is 0. The van der Waals surface area contributed by atoms with Gasteiger partial charge in [-0.3, -0.25) is 0 Å². The average Bonchev–Trinajstić information content (AvgIpc) is 0.811. The topological polar surface area (TPSA) is 0 Å². The van der Waals surface area contributed by atoms with Crippen molar-refractivity contribution >= 4 is 43.3 Å². The number of hydrogen-bond donors (Lipinski definition) is 0. The van der Waals surface area contributed by atoms with Gasteiger partial charge in [0.2, 0.25) is 0 Å². The van der Waals surface area contributed by atoms with Crippen LogP contribution in [0.15, 0.2) is 0 Å². The number of rotatable bonds is 0. The van der Waals surface area contributed by atoms with Gasteiger partial charge in [-0.05, 0) is 0 Å². The minimum atomic E-state index is -2.03. The van der Waals surface area contributed by atoms with Gasteiger partial charge in [-0.2, -0.15) is 0 Å². The maximum absolute atomic E-state index is 4.99. The molecule has 0 amide bonds. The summed E-state index contributed by atoms with van der Waals surface area (Å²) in [6.07, 6.45) is 0. The molecule has 0 fully saturated rings. The molecule has 0 aromatic rings. The molecular formula is Cl3Sb. The molecule has 0 heterocycles. The Morgan fingerprint density at radius 3 is 1.00 bits per heavy atom. The van der Waals surface area contributed by atoms with E-state index in [-0.39, 0.29) is 0 Å². The predicted molar refractivity (Wildman–Crippen MR) is 23.3 cm³/mol. The molecule has 0 nitrogen and oxygen atoms in total. The molecule has 0 saturated heterocycles. The number of hydrogen-bond acceptors (Lipinski definition) is 0. The van der Waals surface area contributed by atoms with Crippen LogP contribution in [-0.4, -0.2) is 16.8 Å². The van der Waals surface area contributed by atoms with Crippen molar-refractivity contribution in [3.63, 3.8) is 0 Å². The van der Waals surface area contributed by atoms with Crippen molar-refractivity contribution in [1.29, 1.82) is 0 Å². The van der Waals surface area contributed by atoms with Crippen molar-refractivity contribution in [2.24, 2.45) is 0 Å². The fraction of sp³-hybridized carbons (Fsp3) is 0. The van der Waals surface area contributed by atoms with Crippen LogP contribution in [0, 0.1) is 0 Å². The molecule has 0 aromatic heterocycles. The van der Waals surface area contributed by atoms with Crippen molar-refractivity contribution in [2.75, 3.05) is 0 Å². The van der Waals surface area contributed by atoms with Gasteiger partial charge < -0.3 is 0 Å². The summed E-state index contributed by atoms with van der Waals surface area (Å²) in [5.74, 6) is 0. The van der Waals surface area contributed by atoms with Gasteiger partial charge in [0.15, 0.2) is 0 Å². The van der Waals surface area contributed by atoms with Gasteiger partial charge in [-0.25, -0.2) is 0 Å². The van der Waals surface area contributed by atoms with E-state index in [1.807, 2.05) is 0 Å². The first-order valence-electron chi connectivity index (χ1n) is 0.507. The molecular weight excluding hydrogens is 228 g/mol. The Bertz CT molecular complexity index is 8.00. The summed E-state index contributed by atoms with van der Waals surface area (Å²) in [5, 5.41) is 0. The molecule has 0 saturated carbocycles. The molecule has 0 atom stereocenters. The Hall–Kier alpha value is 1.69. The monoisotopic (exact) mass is 226 g/mol. The molecule has 0 aliphatic rings. The zero-order chi connectivity index (χ0) is 3.58. The first-order chi connectivity index (χ1) is 1.73. The summed E-state index contributed by atoms with van der Waals surface area (Å²) in [7, 11) is 15.0. The van der Waals surface area contributed by atoms with Gasteiger partial charge in [0.1, 0.15) is 0 Å². The predicted octanol–water partition coefficient (Wildman–Crippen LogP) is 1.69. The van der Waals surface area contributed by atoms with E-state index in [4.69, 9.17) is 26.5 Å². The van der Waals surface area contributed by atoms with Crippen LogP contribution >= 0.6 is 26.5 Å². The quantitative estimate of drug-likeness (QED) is 0.553. The van der Waals surface area contributed by atoms with Crippen LogP contribution in [0.2, 0.25) is 0 Å². The molecule has 26 valence electrons. The van der Waals surface area contributed by atoms with Gasteiger partial charge >= 0.3 is 43.3 Å². The fourth-order valence-corrected chi connectivity index (χ4v) is 0. The molecule has 0 unspecified atom stereocenters. The molecule has 0 aliphatic heterocycles. The van der Waals surface area contributed by atoms with Crippen LogP contribution in [-0.2, 0) is 0 Å². The van der Waals surface area contributed by atoms with Gasteiger partial charge in [0.25, 0.3) is 0 Å². The standard InChI is InChI=1S/3ClH.Sb/h3*1H;/q;;;+3/p-3. The van der Waals surface area contributed by atoms with Crippen molar-refractivity contribution in [3.8, 4) is 0 Å². The van der Waals surface area contributed by atoms with E-state index in [1.54, 1.807) is 0 Å². The zero-order valence-electron chi connectivity index (χ0n) is 1.58. The van der Waals surface area contributed by atoms with E-state index in [2.05, 4.69) is 0 Å². The van der Waals surface area contributed by atoms with Gasteiger partial charge in [-0.15, -0.1) is 0 Å². The van der Waals surface area contributed by atoms with E-state index < -0.39 is 16.8 Å². The molecule has 0 N–H and O–H groups in total. The molecule has 4 heteroatoms.